The summed E-state index contributed by atoms with van der Waals surface area (Å²) in [7, 11) is 0. The highest BCUT2D eigenvalue weighted by Crippen LogP contribution is 2.10. The number of primary amides is 1. The number of aliphatic hydroxyl groups is 1. The van der Waals surface area contributed by atoms with Gasteiger partial charge in [-0.2, -0.15) is 0 Å². The number of nitrogens with one attached hydrogen (secondary N) is 4. The molecule has 4 amide bonds. The highest BCUT2D eigenvalue weighted by atomic mass is 16.4. The first-order valence-corrected chi connectivity index (χ1v) is 10.8. The van der Waals surface area contributed by atoms with Gasteiger partial charge in [0.05, 0.1) is 12.1 Å². The number of amides is 4. The molecule has 1 saturated heterocycles. The maximum atomic E-state index is 12.9. The number of carboxylic acids is 1. The van der Waals surface area contributed by atoms with E-state index in [-0.39, 0.29) is 24.7 Å². The Kier molecular flexibility index (Phi) is 11.1. The fourth-order valence-corrected chi connectivity index (χ4v) is 3.35. The molecule has 1 fully saturated rings. The molecule has 0 spiro atoms. The first kappa shape index (κ1) is 27.3. The molecule has 5 atom stereocenters. The Bertz CT molecular complexity index is 692. The summed E-state index contributed by atoms with van der Waals surface area (Å²) in [5.41, 5.74) is 5.15. The van der Waals surface area contributed by atoms with E-state index in [1.807, 2.05) is 13.8 Å². The topological polar surface area (TPSA) is 200 Å². The zero-order chi connectivity index (χ0) is 24.4. The van der Waals surface area contributed by atoms with Crippen molar-refractivity contribution < 1.29 is 34.2 Å². The fraction of sp³-hybridized carbons (Fsp3) is 0.750. The second kappa shape index (κ2) is 13.0. The second-order valence-corrected chi connectivity index (χ2v) is 8.47. The van der Waals surface area contributed by atoms with E-state index < -0.39 is 54.0 Å². The van der Waals surface area contributed by atoms with Gasteiger partial charge in [0, 0.05) is 6.42 Å². The summed E-state index contributed by atoms with van der Waals surface area (Å²) in [6, 6.07) is -4.21. The summed E-state index contributed by atoms with van der Waals surface area (Å²) < 4.78 is 0. The van der Waals surface area contributed by atoms with Gasteiger partial charge >= 0.3 is 5.97 Å². The summed E-state index contributed by atoms with van der Waals surface area (Å²) in [5, 5.41) is 29.2. The molecule has 12 nitrogen and oxygen atoms in total. The quantitative estimate of drug-likeness (QED) is 0.164. The van der Waals surface area contributed by atoms with Crippen molar-refractivity contribution in [3.8, 4) is 0 Å². The van der Waals surface area contributed by atoms with Crippen LogP contribution in [0.4, 0.5) is 0 Å². The zero-order valence-corrected chi connectivity index (χ0v) is 18.7. The smallest absolute Gasteiger partial charge is 0.328 e. The van der Waals surface area contributed by atoms with Gasteiger partial charge in [0.15, 0.2) is 6.04 Å². The van der Waals surface area contributed by atoms with Crippen molar-refractivity contribution in [1.29, 1.82) is 0 Å². The number of carboxylic acid groups (broad SMARTS) is 1. The van der Waals surface area contributed by atoms with Gasteiger partial charge in [0.2, 0.25) is 23.6 Å². The third-order valence-corrected chi connectivity index (χ3v) is 5.08. The molecule has 0 aliphatic carbocycles. The number of carbonyl (C=O) groups is 5. The number of hydrogen-bond acceptors (Lipinski definition) is 7. The lowest BCUT2D eigenvalue weighted by Crippen LogP contribution is -2.58. The summed E-state index contributed by atoms with van der Waals surface area (Å²) in [4.78, 5) is 60.5. The van der Waals surface area contributed by atoms with Gasteiger partial charge in [-0.1, -0.05) is 13.8 Å². The van der Waals surface area contributed by atoms with Crippen molar-refractivity contribution in [2.24, 2.45) is 11.7 Å². The van der Waals surface area contributed by atoms with Crippen LogP contribution in [0.25, 0.3) is 0 Å². The fourth-order valence-electron chi connectivity index (χ4n) is 3.35. The molecular weight excluding hydrogens is 422 g/mol. The molecule has 1 heterocycles. The highest BCUT2D eigenvalue weighted by Gasteiger charge is 2.33. The number of hydrogen-bond donors (Lipinski definition) is 7. The van der Waals surface area contributed by atoms with Crippen LogP contribution in [-0.2, 0) is 24.0 Å². The molecule has 0 aromatic rings. The third kappa shape index (κ3) is 9.18. The molecular formula is C20H35N5O7. The van der Waals surface area contributed by atoms with Crippen molar-refractivity contribution in [3.05, 3.63) is 0 Å². The monoisotopic (exact) mass is 457 g/mol. The van der Waals surface area contributed by atoms with Crippen LogP contribution in [-0.4, -0.2) is 76.6 Å². The van der Waals surface area contributed by atoms with E-state index in [0.717, 1.165) is 6.42 Å². The van der Waals surface area contributed by atoms with E-state index >= 15 is 0 Å². The molecule has 1 aliphatic heterocycles. The van der Waals surface area contributed by atoms with Gasteiger partial charge in [0.25, 0.3) is 0 Å². The predicted molar refractivity (Wildman–Crippen MR) is 114 cm³/mol. The van der Waals surface area contributed by atoms with Crippen molar-refractivity contribution in [1.82, 2.24) is 21.3 Å². The Morgan fingerprint density at radius 1 is 1.03 bits per heavy atom. The number of rotatable bonds is 13. The minimum Gasteiger partial charge on any atom is -0.480 e. The molecule has 0 saturated carbocycles. The van der Waals surface area contributed by atoms with E-state index in [0.29, 0.717) is 19.4 Å². The van der Waals surface area contributed by atoms with Crippen LogP contribution in [0.3, 0.4) is 0 Å². The average molecular weight is 458 g/mol. The Morgan fingerprint density at radius 3 is 2.12 bits per heavy atom. The van der Waals surface area contributed by atoms with Gasteiger partial charge in [-0.05, 0) is 45.1 Å². The maximum absolute atomic E-state index is 12.9. The van der Waals surface area contributed by atoms with E-state index in [4.69, 9.17) is 5.73 Å². The van der Waals surface area contributed by atoms with Crippen molar-refractivity contribution in [3.63, 3.8) is 0 Å². The Morgan fingerprint density at radius 2 is 1.66 bits per heavy atom. The lowest BCUT2D eigenvalue weighted by Gasteiger charge is -2.26. The van der Waals surface area contributed by atoms with Gasteiger partial charge in [-0.3, -0.25) is 19.2 Å². The van der Waals surface area contributed by atoms with Crippen molar-refractivity contribution in [2.45, 2.75) is 83.1 Å². The minimum absolute atomic E-state index is 0.0483. The summed E-state index contributed by atoms with van der Waals surface area (Å²) >= 11 is 0. The Labute approximate surface area is 187 Å². The van der Waals surface area contributed by atoms with Gasteiger partial charge in [-0.15, -0.1) is 0 Å². The van der Waals surface area contributed by atoms with Gasteiger partial charge < -0.3 is 37.2 Å². The van der Waals surface area contributed by atoms with Crippen LogP contribution in [0.2, 0.25) is 0 Å². The number of aliphatic carboxylic acids is 1. The van der Waals surface area contributed by atoms with Gasteiger partial charge in [0.1, 0.15) is 12.1 Å². The van der Waals surface area contributed by atoms with E-state index in [9.17, 15) is 34.2 Å². The average Bonchev–Trinajstić information content (AvgIpc) is 3.22. The largest absolute Gasteiger partial charge is 0.480 e. The first-order valence-electron chi connectivity index (χ1n) is 10.8. The SMILES string of the molecule is CC(C)CC(NC(=O)C1CCCN1)C(=O)NC(CCC(N)=O)C(=O)NC(C(=O)O)C(C)O. The molecule has 1 rings (SSSR count). The molecule has 182 valence electrons. The Hall–Kier alpha value is -2.73. The predicted octanol–water partition coefficient (Wildman–Crippen LogP) is -2.03. The van der Waals surface area contributed by atoms with Crippen LogP contribution in [0.1, 0.15) is 52.9 Å². The zero-order valence-electron chi connectivity index (χ0n) is 18.7. The van der Waals surface area contributed by atoms with Gasteiger partial charge in [-0.25, -0.2) is 4.79 Å². The molecule has 8 N–H and O–H groups in total. The lowest BCUT2D eigenvalue weighted by molar-refractivity contribution is -0.145. The van der Waals surface area contributed by atoms with Crippen molar-refractivity contribution >= 4 is 29.6 Å². The second-order valence-electron chi connectivity index (χ2n) is 8.47. The minimum atomic E-state index is -1.60. The first-order chi connectivity index (χ1) is 14.9. The molecule has 1 aliphatic rings. The molecule has 0 bridgehead atoms. The van der Waals surface area contributed by atoms with E-state index in [2.05, 4.69) is 21.3 Å². The molecule has 32 heavy (non-hydrogen) atoms. The Balaban J connectivity index is 2.94. The summed E-state index contributed by atoms with van der Waals surface area (Å²) in [5.74, 6) is -3.96. The van der Waals surface area contributed by atoms with Crippen LogP contribution in [0, 0.1) is 5.92 Å². The number of nitrogens with two attached hydrogens (primary N) is 1. The van der Waals surface area contributed by atoms with Crippen LogP contribution in [0.15, 0.2) is 0 Å². The number of aliphatic hydroxyl groups excluding tert-OH is 1. The summed E-state index contributed by atoms with van der Waals surface area (Å²) in [6.07, 6.45) is 0.00345. The standard InChI is InChI=1S/C20H35N5O7/c1-10(2)9-14(24-17(28)12-5-4-8-22-12)19(30)23-13(6-7-15(21)27)18(29)25-16(11(3)26)20(31)32/h10-14,16,22,26H,4-9H2,1-3H3,(H2,21,27)(H,23,30)(H,24,28)(H,25,29)(H,31,32). The maximum Gasteiger partial charge on any atom is 0.328 e. The third-order valence-electron chi connectivity index (χ3n) is 5.08. The van der Waals surface area contributed by atoms with Crippen LogP contribution in [0.5, 0.6) is 0 Å². The van der Waals surface area contributed by atoms with Crippen LogP contribution < -0.4 is 27.0 Å². The summed E-state index contributed by atoms with van der Waals surface area (Å²) in [6.45, 7) is 5.65. The van der Waals surface area contributed by atoms with E-state index in [1.165, 1.54) is 6.92 Å². The lowest BCUT2D eigenvalue weighted by atomic mass is 10.0. The molecule has 12 heteroatoms. The molecule has 0 radical (unpaired) electrons. The molecule has 0 aromatic carbocycles. The normalized spacial score (nSPS) is 19.5. The van der Waals surface area contributed by atoms with Crippen molar-refractivity contribution in [2.75, 3.05) is 6.54 Å². The molecule has 0 aromatic heterocycles. The van der Waals surface area contributed by atoms with E-state index in [1.54, 1.807) is 0 Å². The van der Waals surface area contributed by atoms with Crippen LogP contribution >= 0.6 is 0 Å². The molecule has 5 unspecified atom stereocenters. The number of carbonyl (C=O) groups excluding carboxylic acids is 4. The highest BCUT2D eigenvalue weighted by molar-refractivity contribution is 5.94.